The molecule has 1 aliphatic rings. The highest BCUT2D eigenvalue weighted by molar-refractivity contribution is 8.00. The summed E-state index contributed by atoms with van der Waals surface area (Å²) in [5, 5.41) is 3.43. The molecular formula is C7H16N2S. The van der Waals surface area contributed by atoms with Crippen LogP contribution in [0.4, 0.5) is 0 Å². The lowest BCUT2D eigenvalue weighted by Crippen LogP contribution is -2.37. The van der Waals surface area contributed by atoms with Crippen molar-refractivity contribution in [2.45, 2.75) is 18.8 Å². The van der Waals surface area contributed by atoms with E-state index in [1.54, 1.807) is 0 Å². The molecule has 0 bridgehead atoms. The number of hydrogen-bond acceptors (Lipinski definition) is 3. The van der Waals surface area contributed by atoms with Gasteiger partial charge in [-0.3, -0.25) is 10.2 Å². The van der Waals surface area contributed by atoms with E-state index < -0.39 is 0 Å². The summed E-state index contributed by atoms with van der Waals surface area (Å²) < 4.78 is 0. The third-order valence-electron chi connectivity index (χ3n) is 1.67. The minimum atomic E-state index is 0.583. The molecular weight excluding hydrogens is 144 g/mol. The van der Waals surface area contributed by atoms with Gasteiger partial charge in [0.1, 0.15) is 5.50 Å². The van der Waals surface area contributed by atoms with Gasteiger partial charge in [0, 0.05) is 12.3 Å². The molecule has 0 aromatic rings. The molecule has 1 rings (SSSR count). The fourth-order valence-electron chi connectivity index (χ4n) is 1.16. The van der Waals surface area contributed by atoms with Crippen LogP contribution in [0.5, 0.6) is 0 Å². The van der Waals surface area contributed by atoms with Crippen molar-refractivity contribution >= 4 is 11.8 Å². The van der Waals surface area contributed by atoms with Gasteiger partial charge in [-0.1, -0.05) is 6.92 Å². The summed E-state index contributed by atoms with van der Waals surface area (Å²) in [5.74, 6) is 1.26. The molecule has 0 saturated carbocycles. The molecule has 1 aliphatic heterocycles. The van der Waals surface area contributed by atoms with Crippen LogP contribution in [0.25, 0.3) is 0 Å². The second-order valence-corrected chi connectivity index (χ2v) is 3.85. The summed E-state index contributed by atoms with van der Waals surface area (Å²) in [6, 6.07) is 0. The van der Waals surface area contributed by atoms with Crippen LogP contribution >= 0.6 is 11.8 Å². The number of hydrogen-bond donors (Lipinski definition) is 1. The average Bonchev–Trinajstić information content (AvgIpc) is 2.38. The highest BCUT2D eigenvalue weighted by Crippen LogP contribution is 2.16. The normalized spacial score (nSPS) is 26.1. The zero-order valence-electron chi connectivity index (χ0n) is 6.76. The maximum Gasteiger partial charge on any atom is 0.108 e. The molecule has 0 aromatic carbocycles. The van der Waals surface area contributed by atoms with Crippen molar-refractivity contribution in [3.05, 3.63) is 0 Å². The predicted octanol–water partition coefficient (Wildman–Crippen LogP) is 0.948. The first-order valence-corrected chi connectivity index (χ1v) is 4.94. The van der Waals surface area contributed by atoms with E-state index in [1.165, 1.54) is 25.3 Å². The molecule has 1 fully saturated rings. The minimum absolute atomic E-state index is 0.583. The molecule has 0 radical (unpaired) electrons. The van der Waals surface area contributed by atoms with E-state index >= 15 is 0 Å². The van der Waals surface area contributed by atoms with Gasteiger partial charge in [-0.25, -0.2) is 0 Å². The third kappa shape index (κ3) is 2.15. The van der Waals surface area contributed by atoms with E-state index in [1.807, 2.05) is 11.8 Å². The van der Waals surface area contributed by atoms with Crippen molar-refractivity contribution in [3.8, 4) is 0 Å². The van der Waals surface area contributed by atoms with Crippen LogP contribution in [0.15, 0.2) is 0 Å². The fraction of sp³-hybridized carbons (Fsp3) is 1.00. The first-order valence-electron chi connectivity index (χ1n) is 3.90. The Bertz CT molecular complexity index is 91.6. The molecule has 0 aromatic heterocycles. The average molecular weight is 160 g/mol. The molecule has 1 saturated heterocycles. The van der Waals surface area contributed by atoms with Crippen LogP contribution in [0.3, 0.4) is 0 Å². The van der Waals surface area contributed by atoms with Gasteiger partial charge < -0.3 is 0 Å². The molecule has 0 spiro atoms. The Kier molecular flexibility index (Phi) is 3.52. The van der Waals surface area contributed by atoms with Crippen molar-refractivity contribution in [2.75, 3.05) is 25.9 Å². The van der Waals surface area contributed by atoms with Crippen molar-refractivity contribution in [1.29, 1.82) is 0 Å². The van der Waals surface area contributed by atoms with Crippen LogP contribution < -0.4 is 5.32 Å². The van der Waals surface area contributed by atoms with Crippen LogP contribution in [0.2, 0.25) is 0 Å². The molecule has 3 heteroatoms. The van der Waals surface area contributed by atoms with Crippen molar-refractivity contribution < 1.29 is 0 Å². The van der Waals surface area contributed by atoms with Gasteiger partial charge in [0.25, 0.3) is 0 Å². The zero-order chi connectivity index (χ0) is 7.40. The van der Waals surface area contributed by atoms with Crippen LogP contribution in [-0.2, 0) is 0 Å². The van der Waals surface area contributed by atoms with Gasteiger partial charge in [-0.15, -0.1) is 11.8 Å². The number of rotatable bonds is 3. The second-order valence-electron chi connectivity index (χ2n) is 2.66. The van der Waals surface area contributed by atoms with Crippen LogP contribution in [0.1, 0.15) is 13.3 Å². The fourth-order valence-corrected chi connectivity index (χ4v) is 2.22. The van der Waals surface area contributed by atoms with E-state index in [4.69, 9.17) is 0 Å². The largest absolute Gasteiger partial charge is 0.292 e. The van der Waals surface area contributed by atoms with Gasteiger partial charge in [0.15, 0.2) is 0 Å². The Hall–Kier alpha value is 0.270. The lowest BCUT2D eigenvalue weighted by atomic mass is 10.4. The van der Waals surface area contributed by atoms with Gasteiger partial charge in [0.2, 0.25) is 0 Å². The highest BCUT2D eigenvalue weighted by atomic mass is 32.2. The summed E-state index contributed by atoms with van der Waals surface area (Å²) in [4.78, 5) is 2.37. The standard InChI is InChI=1S/C7H16N2S/c1-3-5-9(2)7-8-4-6-10-7/h7-8H,3-6H2,1-2H3. The van der Waals surface area contributed by atoms with Gasteiger partial charge in [-0.2, -0.15) is 0 Å². The van der Waals surface area contributed by atoms with Crippen molar-refractivity contribution in [2.24, 2.45) is 0 Å². The Balaban J connectivity index is 2.18. The highest BCUT2D eigenvalue weighted by Gasteiger charge is 2.17. The first kappa shape index (κ1) is 8.37. The molecule has 1 unspecified atom stereocenters. The van der Waals surface area contributed by atoms with E-state index in [-0.39, 0.29) is 0 Å². The SMILES string of the molecule is CCCN(C)C1NCCS1. The maximum absolute atomic E-state index is 3.43. The van der Waals surface area contributed by atoms with E-state index in [0.29, 0.717) is 5.50 Å². The van der Waals surface area contributed by atoms with Crippen LogP contribution in [0, 0.1) is 0 Å². The lowest BCUT2D eigenvalue weighted by Gasteiger charge is -2.22. The molecule has 0 aliphatic carbocycles. The minimum Gasteiger partial charge on any atom is -0.292 e. The summed E-state index contributed by atoms with van der Waals surface area (Å²) in [6.07, 6.45) is 1.25. The molecule has 0 amide bonds. The predicted molar refractivity (Wildman–Crippen MR) is 47.2 cm³/mol. The summed E-state index contributed by atoms with van der Waals surface area (Å²) in [5.41, 5.74) is 0.583. The maximum atomic E-state index is 3.43. The Morgan fingerprint density at radius 1 is 1.70 bits per heavy atom. The van der Waals surface area contributed by atoms with Gasteiger partial charge in [0.05, 0.1) is 0 Å². The third-order valence-corrected chi connectivity index (χ3v) is 2.96. The molecule has 1 N–H and O–H groups in total. The number of nitrogens with one attached hydrogen (secondary N) is 1. The van der Waals surface area contributed by atoms with E-state index in [0.717, 1.165) is 0 Å². The Morgan fingerprint density at radius 2 is 2.50 bits per heavy atom. The Labute approximate surface area is 67.4 Å². The number of nitrogens with zero attached hydrogens (tertiary/aromatic N) is 1. The molecule has 2 nitrogen and oxygen atoms in total. The molecule has 1 heterocycles. The smallest absolute Gasteiger partial charge is 0.108 e. The van der Waals surface area contributed by atoms with E-state index in [9.17, 15) is 0 Å². The molecule has 1 atom stereocenters. The summed E-state index contributed by atoms with van der Waals surface area (Å²) in [7, 11) is 2.18. The monoisotopic (exact) mass is 160 g/mol. The second kappa shape index (κ2) is 4.21. The van der Waals surface area contributed by atoms with E-state index in [2.05, 4.69) is 24.2 Å². The van der Waals surface area contributed by atoms with Crippen molar-refractivity contribution in [1.82, 2.24) is 10.2 Å². The van der Waals surface area contributed by atoms with Crippen molar-refractivity contribution in [3.63, 3.8) is 0 Å². The zero-order valence-corrected chi connectivity index (χ0v) is 7.58. The number of thioether (sulfide) groups is 1. The topological polar surface area (TPSA) is 15.3 Å². The van der Waals surface area contributed by atoms with Gasteiger partial charge in [-0.05, 0) is 20.0 Å². The quantitative estimate of drug-likeness (QED) is 0.661. The summed E-state index contributed by atoms with van der Waals surface area (Å²) >= 11 is 2.01. The van der Waals surface area contributed by atoms with Gasteiger partial charge >= 0.3 is 0 Å². The first-order chi connectivity index (χ1) is 4.84. The molecule has 10 heavy (non-hydrogen) atoms. The summed E-state index contributed by atoms with van der Waals surface area (Å²) in [6.45, 7) is 4.59. The van der Waals surface area contributed by atoms with Crippen LogP contribution in [-0.4, -0.2) is 36.3 Å². The lowest BCUT2D eigenvalue weighted by molar-refractivity contribution is 0.289. The molecule has 60 valence electrons. The Morgan fingerprint density at radius 3 is 3.00 bits per heavy atom.